The smallest absolute Gasteiger partial charge is 0.221 e. The molecule has 0 aliphatic rings. The van der Waals surface area contributed by atoms with Crippen LogP contribution in [0, 0.1) is 11.3 Å². The van der Waals surface area contributed by atoms with Crippen molar-refractivity contribution in [1.29, 1.82) is 5.26 Å². The number of benzene rings is 1. The number of nitrogens with zero attached hydrogens (tertiary/aromatic N) is 1. The lowest BCUT2D eigenvalue weighted by Crippen LogP contribution is -2.26. The first-order valence-electron chi connectivity index (χ1n) is 5.16. The number of carbonyl (C=O) groups is 1. The largest absolute Gasteiger partial charge is 0.352 e. The predicted molar refractivity (Wildman–Crippen MR) is 61.5 cm³/mol. The number of carbonyl (C=O) groups excluding carboxylic acids is 1. The number of nitriles is 1. The molecule has 0 radical (unpaired) electrons. The van der Waals surface area contributed by atoms with Crippen LogP contribution < -0.4 is 10.6 Å². The molecule has 4 nitrogen and oxygen atoms in total. The Morgan fingerprint density at radius 3 is 3.00 bits per heavy atom. The molecule has 1 amide bonds. The Bertz CT molecular complexity index is 395. The Hall–Kier alpha value is -1.86. The summed E-state index contributed by atoms with van der Waals surface area (Å²) in [5.74, 6) is 0.0108. The van der Waals surface area contributed by atoms with Crippen molar-refractivity contribution in [3.8, 4) is 6.07 Å². The van der Waals surface area contributed by atoms with Gasteiger partial charge in [-0.1, -0.05) is 12.1 Å². The van der Waals surface area contributed by atoms with Crippen molar-refractivity contribution in [2.45, 2.75) is 13.0 Å². The summed E-state index contributed by atoms with van der Waals surface area (Å²) in [6.07, 6.45) is 0.467. The molecule has 1 aromatic carbocycles. The van der Waals surface area contributed by atoms with Crippen LogP contribution in [0.3, 0.4) is 0 Å². The van der Waals surface area contributed by atoms with Gasteiger partial charge >= 0.3 is 0 Å². The summed E-state index contributed by atoms with van der Waals surface area (Å²) >= 11 is 0. The molecule has 0 aliphatic heterocycles. The van der Waals surface area contributed by atoms with Crippen LogP contribution in [0.1, 0.15) is 17.5 Å². The maximum Gasteiger partial charge on any atom is 0.221 e. The fourth-order valence-corrected chi connectivity index (χ4v) is 1.28. The second kappa shape index (κ2) is 6.59. The van der Waals surface area contributed by atoms with Crippen molar-refractivity contribution in [2.75, 3.05) is 13.6 Å². The summed E-state index contributed by atoms with van der Waals surface area (Å²) < 4.78 is 0. The van der Waals surface area contributed by atoms with Gasteiger partial charge in [-0.05, 0) is 24.7 Å². The Labute approximate surface area is 95.3 Å². The van der Waals surface area contributed by atoms with E-state index in [-0.39, 0.29) is 5.91 Å². The van der Waals surface area contributed by atoms with Crippen molar-refractivity contribution in [3.05, 3.63) is 35.4 Å². The minimum atomic E-state index is 0.0108. The van der Waals surface area contributed by atoms with Crippen LogP contribution in [0.4, 0.5) is 0 Å². The number of hydrogen-bond donors (Lipinski definition) is 2. The average Bonchev–Trinajstić information content (AvgIpc) is 2.34. The lowest BCUT2D eigenvalue weighted by molar-refractivity contribution is -0.121. The number of amides is 1. The van der Waals surface area contributed by atoms with E-state index in [1.54, 1.807) is 12.1 Å². The lowest BCUT2D eigenvalue weighted by atomic mass is 10.1. The van der Waals surface area contributed by atoms with E-state index in [9.17, 15) is 4.79 Å². The number of hydrogen-bond acceptors (Lipinski definition) is 3. The normalized spacial score (nSPS) is 9.50. The molecule has 0 saturated carbocycles. The standard InChI is InChI=1S/C12H15N3O/c1-14-6-5-12(16)15-9-11-4-2-3-10(7-11)8-13/h2-4,7,14H,5-6,9H2,1H3,(H,15,16). The van der Waals surface area contributed by atoms with E-state index < -0.39 is 0 Å². The van der Waals surface area contributed by atoms with Crippen LogP contribution in [0.5, 0.6) is 0 Å². The second-order valence-corrected chi connectivity index (χ2v) is 3.44. The highest BCUT2D eigenvalue weighted by Gasteiger charge is 2.00. The van der Waals surface area contributed by atoms with Gasteiger partial charge in [0.2, 0.25) is 5.91 Å². The van der Waals surface area contributed by atoms with Gasteiger partial charge in [0.05, 0.1) is 11.6 Å². The summed E-state index contributed by atoms with van der Waals surface area (Å²) in [4.78, 5) is 11.3. The van der Waals surface area contributed by atoms with Crippen LogP contribution in [-0.2, 0) is 11.3 Å². The monoisotopic (exact) mass is 217 g/mol. The second-order valence-electron chi connectivity index (χ2n) is 3.44. The fourth-order valence-electron chi connectivity index (χ4n) is 1.28. The van der Waals surface area contributed by atoms with Gasteiger partial charge in [-0.15, -0.1) is 0 Å². The third-order valence-corrected chi connectivity index (χ3v) is 2.15. The zero-order chi connectivity index (χ0) is 11.8. The van der Waals surface area contributed by atoms with Crippen molar-refractivity contribution in [3.63, 3.8) is 0 Å². The Morgan fingerprint density at radius 1 is 1.50 bits per heavy atom. The van der Waals surface area contributed by atoms with Gasteiger partial charge in [0, 0.05) is 19.5 Å². The van der Waals surface area contributed by atoms with Crippen LogP contribution in [0.25, 0.3) is 0 Å². The molecule has 0 fully saturated rings. The topological polar surface area (TPSA) is 64.9 Å². The number of nitrogens with one attached hydrogen (secondary N) is 2. The van der Waals surface area contributed by atoms with E-state index in [2.05, 4.69) is 16.7 Å². The van der Waals surface area contributed by atoms with Gasteiger partial charge in [-0.3, -0.25) is 4.79 Å². The minimum Gasteiger partial charge on any atom is -0.352 e. The Kier molecular flexibility index (Phi) is 5.03. The van der Waals surface area contributed by atoms with E-state index >= 15 is 0 Å². The maximum atomic E-state index is 11.3. The molecule has 0 atom stereocenters. The molecule has 0 bridgehead atoms. The summed E-state index contributed by atoms with van der Waals surface area (Å²) in [6.45, 7) is 1.14. The summed E-state index contributed by atoms with van der Waals surface area (Å²) in [5.41, 5.74) is 1.55. The molecule has 16 heavy (non-hydrogen) atoms. The number of rotatable bonds is 5. The van der Waals surface area contributed by atoms with Crippen LogP contribution in [0.15, 0.2) is 24.3 Å². The van der Waals surface area contributed by atoms with Gasteiger partial charge < -0.3 is 10.6 Å². The summed E-state index contributed by atoms with van der Waals surface area (Å²) in [6, 6.07) is 9.29. The van der Waals surface area contributed by atoms with Crippen molar-refractivity contribution in [1.82, 2.24) is 10.6 Å². The molecule has 1 aromatic rings. The fraction of sp³-hybridized carbons (Fsp3) is 0.333. The highest BCUT2D eigenvalue weighted by atomic mass is 16.1. The molecule has 2 N–H and O–H groups in total. The molecule has 84 valence electrons. The Morgan fingerprint density at radius 2 is 2.31 bits per heavy atom. The van der Waals surface area contributed by atoms with E-state index in [4.69, 9.17) is 5.26 Å². The first-order chi connectivity index (χ1) is 7.76. The van der Waals surface area contributed by atoms with Gasteiger partial charge in [-0.25, -0.2) is 0 Å². The SMILES string of the molecule is CNCCC(=O)NCc1cccc(C#N)c1. The van der Waals surface area contributed by atoms with Gasteiger partial charge in [-0.2, -0.15) is 5.26 Å². The van der Waals surface area contributed by atoms with Crippen LogP contribution in [-0.4, -0.2) is 19.5 Å². The molecule has 0 aliphatic carbocycles. The van der Waals surface area contributed by atoms with Gasteiger partial charge in [0.25, 0.3) is 0 Å². The zero-order valence-corrected chi connectivity index (χ0v) is 9.29. The van der Waals surface area contributed by atoms with Crippen LogP contribution >= 0.6 is 0 Å². The van der Waals surface area contributed by atoms with Crippen molar-refractivity contribution in [2.24, 2.45) is 0 Å². The highest BCUT2D eigenvalue weighted by molar-refractivity contribution is 5.76. The quantitative estimate of drug-likeness (QED) is 0.766. The first kappa shape index (κ1) is 12.2. The van der Waals surface area contributed by atoms with E-state index in [0.29, 0.717) is 25.1 Å². The Balaban J connectivity index is 2.42. The van der Waals surface area contributed by atoms with E-state index in [1.807, 2.05) is 19.2 Å². The first-order valence-corrected chi connectivity index (χ1v) is 5.16. The minimum absolute atomic E-state index is 0.0108. The van der Waals surface area contributed by atoms with E-state index in [0.717, 1.165) is 5.56 Å². The molecule has 0 saturated heterocycles. The lowest BCUT2D eigenvalue weighted by Gasteiger charge is -2.05. The third-order valence-electron chi connectivity index (χ3n) is 2.15. The van der Waals surface area contributed by atoms with Crippen LogP contribution in [0.2, 0.25) is 0 Å². The molecule has 0 heterocycles. The molecule has 0 spiro atoms. The summed E-state index contributed by atoms with van der Waals surface area (Å²) in [7, 11) is 1.81. The molecular weight excluding hydrogens is 202 g/mol. The van der Waals surface area contributed by atoms with E-state index in [1.165, 1.54) is 0 Å². The summed E-state index contributed by atoms with van der Waals surface area (Å²) in [5, 5.41) is 14.4. The molecule has 0 aromatic heterocycles. The molecule has 1 rings (SSSR count). The maximum absolute atomic E-state index is 11.3. The zero-order valence-electron chi connectivity index (χ0n) is 9.29. The highest BCUT2D eigenvalue weighted by Crippen LogP contribution is 2.03. The predicted octanol–water partition coefficient (Wildman–Crippen LogP) is 0.784. The molecular formula is C12H15N3O. The van der Waals surface area contributed by atoms with Gasteiger partial charge in [0.15, 0.2) is 0 Å². The molecule has 4 heteroatoms. The van der Waals surface area contributed by atoms with Crippen molar-refractivity contribution < 1.29 is 4.79 Å². The molecule has 0 unspecified atom stereocenters. The van der Waals surface area contributed by atoms with Crippen molar-refractivity contribution >= 4 is 5.91 Å². The third kappa shape index (κ3) is 4.11. The average molecular weight is 217 g/mol. The van der Waals surface area contributed by atoms with Gasteiger partial charge in [0.1, 0.15) is 0 Å².